The van der Waals surface area contributed by atoms with Gasteiger partial charge in [0, 0.05) is 15.6 Å². The lowest BCUT2D eigenvalue weighted by Crippen LogP contribution is -2.23. The van der Waals surface area contributed by atoms with Crippen LogP contribution in [0.1, 0.15) is 18.0 Å². The quantitative estimate of drug-likeness (QED) is 0.800. The summed E-state index contributed by atoms with van der Waals surface area (Å²) in [6, 6.07) is 4.09. The standard InChI is InChI=1S/C10H9Cl2NO3/c11-6-2-1-3-7(12)10(6)8(13-5-14)4-9(15)16/h1-3,5,8H,4H2,(H,13,14)(H,15,16)/t8-/m0/s1. The summed E-state index contributed by atoms with van der Waals surface area (Å²) < 4.78 is 0. The molecule has 4 nitrogen and oxygen atoms in total. The lowest BCUT2D eigenvalue weighted by Gasteiger charge is -2.17. The first-order valence-corrected chi connectivity index (χ1v) is 5.17. The SMILES string of the molecule is O=CN[C@@H](CC(=O)O)c1c(Cl)cccc1Cl. The van der Waals surface area contributed by atoms with E-state index >= 15 is 0 Å². The van der Waals surface area contributed by atoms with Crippen molar-refractivity contribution in [2.75, 3.05) is 0 Å². The number of nitrogens with one attached hydrogen (secondary N) is 1. The summed E-state index contributed by atoms with van der Waals surface area (Å²) in [5.74, 6) is -1.05. The summed E-state index contributed by atoms with van der Waals surface area (Å²) in [6.07, 6.45) is 0.148. The Morgan fingerprint density at radius 3 is 2.44 bits per heavy atom. The van der Waals surface area contributed by atoms with Crippen LogP contribution in [0.3, 0.4) is 0 Å². The Morgan fingerprint density at radius 1 is 1.44 bits per heavy atom. The predicted molar refractivity (Wildman–Crippen MR) is 60.7 cm³/mol. The van der Waals surface area contributed by atoms with Crippen molar-refractivity contribution < 1.29 is 14.7 Å². The molecule has 0 aliphatic rings. The number of halogens is 2. The molecule has 1 amide bonds. The molecule has 0 unspecified atom stereocenters. The molecule has 86 valence electrons. The molecule has 1 aromatic rings. The number of benzene rings is 1. The van der Waals surface area contributed by atoms with Crippen LogP contribution >= 0.6 is 23.2 Å². The highest BCUT2D eigenvalue weighted by Crippen LogP contribution is 2.31. The second kappa shape index (κ2) is 5.72. The molecule has 0 bridgehead atoms. The minimum atomic E-state index is -1.05. The summed E-state index contributed by atoms with van der Waals surface area (Å²) in [5.41, 5.74) is 0.417. The fourth-order valence-corrected chi connectivity index (χ4v) is 2.01. The van der Waals surface area contributed by atoms with Crippen LogP contribution in [0.5, 0.6) is 0 Å². The summed E-state index contributed by atoms with van der Waals surface area (Å²) >= 11 is 11.8. The first-order chi connectivity index (χ1) is 7.56. The molecule has 1 rings (SSSR count). The number of carbonyl (C=O) groups excluding carboxylic acids is 1. The van der Waals surface area contributed by atoms with Crippen LogP contribution in [-0.4, -0.2) is 17.5 Å². The minimum absolute atomic E-state index is 0.276. The van der Waals surface area contributed by atoms with Gasteiger partial charge >= 0.3 is 5.97 Å². The largest absolute Gasteiger partial charge is 0.481 e. The van der Waals surface area contributed by atoms with Crippen molar-refractivity contribution in [3.8, 4) is 0 Å². The Kier molecular flexibility index (Phi) is 4.58. The van der Waals surface area contributed by atoms with E-state index in [4.69, 9.17) is 28.3 Å². The van der Waals surface area contributed by atoms with Gasteiger partial charge in [0.05, 0.1) is 12.5 Å². The van der Waals surface area contributed by atoms with Crippen molar-refractivity contribution in [2.24, 2.45) is 0 Å². The highest BCUT2D eigenvalue weighted by molar-refractivity contribution is 6.36. The second-order valence-electron chi connectivity index (χ2n) is 3.07. The van der Waals surface area contributed by atoms with Gasteiger partial charge in [0.25, 0.3) is 0 Å². The zero-order chi connectivity index (χ0) is 12.1. The molecule has 0 saturated carbocycles. The molecule has 0 fully saturated rings. The molecule has 0 saturated heterocycles. The van der Waals surface area contributed by atoms with E-state index < -0.39 is 12.0 Å². The third-order valence-electron chi connectivity index (χ3n) is 2.00. The van der Waals surface area contributed by atoms with Gasteiger partial charge in [-0.05, 0) is 12.1 Å². The van der Waals surface area contributed by atoms with Crippen molar-refractivity contribution in [1.82, 2.24) is 5.32 Å². The maximum absolute atomic E-state index is 10.6. The summed E-state index contributed by atoms with van der Waals surface area (Å²) in [6.45, 7) is 0. The van der Waals surface area contributed by atoms with Gasteiger partial charge in [-0.25, -0.2) is 0 Å². The Hall–Kier alpha value is -1.26. The highest BCUT2D eigenvalue weighted by atomic mass is 35.5. The minimum Gasteiger partial charge on any atom is -0.481 e. The molecule has 0 aliphatic carbocycles. The fourth-order valence-electron chi connectivity index (χ4n) is 1.34. The zero-order valence-electron chi connectivity index (χ0n) is 8.11. The van der Waals surface area contributed by atoms with E-state index in [0.717, 1.165) is 0 Å². The average molecular weight is 262 g/mol. The molecule has 1 aromatic carbocycles. The van der Waals surface area contributed by atoms with Gasteiger partial charge in [0.2, 0.25) is 6.41 Å². The van der Waals surface area contributed by atoms with Crippen molar-refractivity contribution in [3.05, 3.63) is 33.8 Å². The van der Waals surface area contributed by atoms with Crippen LogP contribution < -0.4 is 5.32 Å². The Bertz CT molecular complexity index is 389. The third-order valence-corrected chi connectivity index (χ3v) is 2.66. The zero-order valence-corrected chi connectivity index (χ0v) is 9.63. The van der Waals surface area contributed by atoms with E-state index in [1.165, 1.54) is 0 Å². The molecule has 16 heavy (non-hydrogen) atoms. The van der Waals surface area contributed by atoms with Gasteiger partial charge in [-0.3, -0.25) is 9.59 Å². The van der Waals surface area contributed by atoms with Gasteiger partial charge in [0.1, 0.15) is 0 Å². The smallest absolute Gasteiger partial charge is 0.305 e. The maximum Gasteiger partial charge on any atom is 0.305 e. The number of hydrogen-bond donors (Lipinski definition) is 2. The fraction of sp³-hybridized carbons (Fsp3) is 0.200. The van der Waals surface area contributed by atoms with Crippen molar-refractivity contribution in [3.63, 3.8) is 0 Å². The first-order valence-electron chi connectivity index (χ1n) is 4.41. The van der Waals surface area contributed by atoms with Crippen LogP contribution in [-0.2, 0) is 9.59 Å². The molecule has 1 atom stereocenters. The lowest BCUT2D eigenvalue weighted by atomic mass is 10.0. The van der Waals surface area contributed by atoms with Crippen LogP contribution in [0.4, 0.5) is 0 Å². The molecule has 6 heteroatoms. The monoisotopic (exact) mass is 261 g/mol. The summed E-state index contributed by atoms with van der Waals surface area (Å²) in [4.78, 5) is 21.0. The van der Waals surface area contributed by atoms with Gasteiger partial charge < -0.3 is 10.4 Å². The van der Waals surface area contributed by atoms with E-state index in [1.54, 1.807) is 18.2 Å². The third kappa shape index (κ3) is 3.12. The van der Waals surface area contributed by atoms with E-state index in [-0.39, 0.29) is 6.42 Å². The predicted octanol–water partition coefficient (Wildman–Crippen LogP) is 2.26. The van der Waals surface area contributed by atoms with E-state index in [2.05, 4.69) is 5.32 Å². The number of amides is 1. The van der Waals surface area contributed by atoms with Gasteiger partial charge in [-0.2, -0.15) is 0 Å². The van der Waals surface area contributed by atoms with Crippen LogP contribution in [0.15, 0.2) is 18.2 Å². The Balaban J connectivity index is 3.09. The van der Waals surface area contributed by atoms with E-state index in [1.807, 2.05) is 0 Å². The Labute approximate surface area is 102 Å². The molecule has 0 heterocycles. The van der Waals surface area contributed by atoms with E-state index in [9.17, 15) is 9.59 Å². The molecule has 0 radical (unpaired) electrons. The number of carboxylic acid groups (broad SMARTS) is 1. The first kappa shape index (κ1) is 12.8. The van der Waals surface area contributed by atoms with Gasteiger partial charge in [-0.1, -0.05) is 29.3 Å². The van der Waals surface area contributed by atoms with Crippen LogP contribution in [0.25, 0.3) is 0 Å². The molecule has 0 aliphatic heterocycles. The molecule has 0 spiro atoms. The molecular formula is C10H9Cl2NO3. The topological polar surface area (TPSA) is 66.4 Å². The van der Waals surface area contributed by atoms with E-state index in [0.29, 0.717) is 22.0 Å². The highest BCUT2D eigenvalue weighted by Gasteiger charge is 2.20. The number of rotatable bonds is 5. The number of hydrogen-bond acceptors (Lipinski definition) is 2. The molecular weight excluding hydrogens is 253 g/mol. The number of aliphatic carboxylic acids is 1. The normalized spacial score (nSPS) is 11.9. The van der Waals surface area contributed by atoms with Crippen LogP contribution in [0.2, 0.25) is 10.0 Å². The molecule has 0 aromatic heterocycles. The lowest BCUT2D eigenvalue weighted by molar-refractivity contribution is -0.137. The van der Waals surface area contributed by atoms with Crippen LogP contribution in [0, 0.1) is 0 Å². The molecule has 2 N–H and O–H groups in total. The number of carboxylic acids is 1. The van der Waals surface area contributed by atoms with Crippen molar-refractivity contribution >= 4 is 35.6 Å². The average Bonchev–Trinajstić information content (AvgIpc) is 2.16. The van der Waals surface area contributed by atoms with Gasteiger partial charge in [-0.15, -0.1) is 0 Å². The van der Waals surface area contributed by atoms with Crippen molar-refractivity contribution in [2.45, 2.75) is 12.5 Å². The Morgan fingerprint density at radius 2 is 2.00 bits per heavy atom. The maximum atomic E-state index is 10.6. The second-order valence-corrected chi connectivity index (χ2v) is 3.88. The number of carbonyl (C=O) groups is 2. The van der Waals surface area contributed by atoms with Gasteiger partial charge in [0.15, 0.2) is 0 Å². The summed E-state index contributed by atoms with van der Waals surface area (Å²) in [7, 11) is 0. The van der Waals surface area contributed by atoms with Crippen molar-refractivity contribution in [1.29, 1.82) is 0 Å². The summed E-state index contributed by atoms with van der Waals surface area (Å²) in [5, 5.41) is 11.7.